The third-order valence-electron chi connectivity index (χ3n) is 6.35. The van der Waals surface area contributed by atoms with Crippen LogP contribution < -0.4 is 10.6 Å². The van der Waals surface area contributed by atoms with Crippen molar-refractivity contribution in [2.45, 2.75) is 32.7 Å². The van der Waals surface area contributed by atoms with Crippen LogP contribution in [0.5, 0.6) is 0 Å². The van der Waals surface area contributed by atoms with Crippen molar-refractivity contribution in [3.63, 3.8) is 0 Å². The second-order valence-electron chi connectivity index (χ2n) is 8.78. The van der Waals surface area contributed by atoms with E-state index in [-0.39, 0.29) is 11.5 Å². The highest BCUT2D eigenvalue weighted by Crippen LogP contribution is 2.24. The van der Waals surface area contributed by atoms with Gasteiger partial charge in [0.05, 0.1) is 16.3 Å². The maximum absolute atomic E-state index is 12.9. The Labute approximate surface area is 215 Å². The Balaban J connectivity index is 1.41. The number of carbonyl (C=O) groups is 2. The quantitative estimate of drug-likeness (QED) is 0.379. The van der Waals surface area contributed by atoms with Gasteiger partial charge in [-0.1, -0.05) is 48.7 Å². The van der Waals surface area contributed by atoms with Gasteiger partial charge in [-0.25, -0.2) is 4.98 Å². The molecule has 3 aromatic rings. The van der Waals surface area contributed by atoms with Crippen LogP contribution in [0.15, 0.2) is 60.8 Å². The molecule has 2 amide bonds. The molecule has 0 saturated carbocycles. The molecule has 6 nitrogen and oxygen atoms in total. The summed E-state index contributed by atoms with van der Waals surface area (Å²) < 4.78 is 0. The van der Waals surface area contributed by atoms with Gasteiger partial charge in [-0.15, -0.1) is 0 Å². The summed E-state index contributed by atoms with van der Waals surface area (Å²) in [6.45, 7) is 5.39. The highest BCUT2D eigenvalue weighted by molar-refractivity contribution is 6.31. The fraction of sp³-hybridized carbons (Fsp3) is 0.296. The van der Waals surface area contributed by atoms with E-state index in [1.54, 1.807) is 24.3 Å². The number of nitrogens with one attached hydrogen (secondary N) is 2. The summed E-state index contributed by atoms with van der Waals surface area (Å²) in [6.07, 6.45) is 5.20. The van der Waals surface area contributed by atoms with Crippen LogP contribution in [0.25, 0.3) is 0 Å². The molecule has 2 heterocycles. The van der Waals surface area contributed by atoms with Crippen molar-refractivity contribution >= 4 is 46.5 Å². The van der Waals surface area contributed by atoms with E-state index in [2.05, 4.69) is 27.4 Å². The number of pyridine rings is 1. The van der Waals surface area contributed by atoms with Crippen molar-refractivity contribution in [3.05, 3.63) is 87.5 Å². The van der Waals surface area contributed by atoms with E-state index in [9.17, 15) is 9.59 Å². The minimum absolute atomic E-state index is 0.231. The van der Waals surface area contributed by atoms with Gasteiger partial charge in [-0.2, -0.15) is 0 Å². The number of hydrogen-bond donors (Lipinski definition) is 2. The number of hydrogen-bond acceptors (Lipinski definition) is 4. The highest BCUT2D eigenvalue weighted by atomic mass is 35.5. The van der Waals surface area contributed by atoms with Gasteiger partial charge in [0.1, 0.15) is 5.82 Å². The van der Waals surface area contributed by atoms with E-state index in [1.165, 1.54) is 37.1 Å². The number of amides is 2. The monoisotopic (exact) mass is 510 g/mol. The first-order valence-corrected chi connectivity index (χ1v) is 12.5. The summed E-state index contributed by atoms with van der Waals surface area (Å²) in [5.41, 5.74) is 2.28. The second kappa shape index (κ2) is 11.7. The molecule has 2 N–H and O–H groups in total. The van der Waals surface area contributed by atoms with E-state index >= 15 is 0 Å². The fourth-order valence-corrected chi connectivity index (χ4v) is 4.50. The van der Waals surface area contributed by atoms with E-state index in [4.69, 9.17) is 23.2 Å². The summed E-state index contributed by atoms with van der Waals surface area (Å²) in [4.78, 5) is 32.3. The lowest BCUT2D eigenvalue weighted by atomic mass is 9.94. The molecule has 35 heavy (non-hydrogen) atoms. The molecule has 2 aromatic carbocycles. The topological polar surface area (TPSA) is 74.3 Å². The average molecular weight is 511 g/mol. The number of carbonyl (C=O) groups excluding carboxylic acids is 2. The van der Waals surface area contributed by atoms with Crippen molar-refractivity contribution in [3.8, 4) is 0 Å². The van der Waals surface area contributed by atoms with Crippen molar-refractivity contribution in [2.75, 3.05) is 23.7 Å². The third-order valence-corrected chi connectivity index (χ3v) is 6.81. The summed E-state index contributed by atoms with van der Waals surface area (Å²) >= 11 is 12.0. The molecular formula is C27H28Cl2N4O2. The van der Waals surface area contributed by atoms with Crippen LogP contribution in [0.3, 0.4) is 0 Å². The molecule has 0 atom stereocenters. The minimum atomic E-state index is -0.445. The van der Waals surface area contributed by atoms with Crippen LogP contribution >= 0.6 is 23.2 Å². The third kappa shape index (κ3) is 6.82. The van der Waals surface area contributed by atoms with Crippen LogP contribution in [-0.4, -0.2) is 34.8 Å². The first-order valence-electron chi connectivity index (χ1n) is 11.8. The Kier molecular flexibility index (Phi) is 8.39. The van der Waals surface area contributed by atoms with E-state index < -0.39 is 5.91 Å². The molecule has 1 saturated heterocycles. The zero-order valence-electron chi connectivity index (χ0n) is 19.6. The van der Waals surface area contributed by atoms with Gasteiger partial charge in [0.25, 0.3) is 11.8 Å². The van der Waals surface area contributed by atoms with E-state index in [1.807, 2.05) is 24.3 Å². The van der Waals surface area contributed by atoms with Gasteiger partial charge in [-0.05, 0) is 79.9 Å². The number of rotatable bonds is 7. The van der Waals surface area contributed by atoms with Gasteiger partial charge in [0.2, 0.25) is 0 Å². The van der Waals surface area contributed by atoms with Crippen LogP contribution in [0.2, 0.25) is 10.0 Å². The summed E-state index contributed by atoms with van der Waals surface area (Å²) in [5, 5.41) is 6.37. The summed E-state index contributed by atoms with van der Waals surface area (Å²) in [6, 6.07) is 15.6. The molecule has 0 radical (unpaired) electrons. The number of piperidine rings is 1. The van der Waals surface area contributed by atoms with Gasteiger partial charge in [0, 0.05) is 23.3 Å². The first-order chi connectivity index (χ1) is 16.9. The zero-order chi connectivity index (χ0) is 24.8. The standard InChI is InChI=1S/C27H28Cl2N4O2/c1-2-18-11-13-33(14-12-18)17-19-3-5-20(6-4-19)26(34)31-24-9-7-21(28)15-23(24)27(35)32-25-10-8-22(29)16-30-25/h3-10,15-16,18H,2,11-14,17H2,1H3,(H,31,34)(H,30,32,35). The fourth-order valence-electron chi connectivity index (χ4n) is 4.21. The molecule has 182 valence electrons. The second-order valence-corrected chi connectivity index (χ2v) is 9.66. The molecule has 0 bridgehead atoms. The van der Waals surface area contributed by atoms with Crippen molar-refractivity contribution in [2.24, 2.45) is 5.92 Å². The molecule has 1 aromatic heterocycles. The van der Waals surface area contributed by atoms with Crippen LogP contribution in [-0.2, 0) is 6.54 Å². The maximum Gasteiger partial charge on any atom is 0.258 e. The molecule has 1 aliphatic heterocycles. The Hall–Kier alpha value is -2.93. The van der Waals surface area contributed by atoms with Crippen LogP contribution in [0, 0.1) is 5.92 Å². The number of halogens is 2. The predicted octanol–water partition coefficient (Wildman–Crippen LogP) is 6.52. The largest absolute Gasteiger partial charge is 0.321 e. The smallest absolute Gasteiger partial charge is 0.258 e. The minimum Gasteiger partial charge on any atom is -0.321 e. The summed E-state index contributed by atoms with van der Waals surface area (Å²) in [7, 11) is 0. The molecule has 8 heteroatoms. The molecular weight excluding hydrogens is 483 g/mol. The molecule has 0 spiro atoms. The van der Waals surface area contributed by atoms with Crippen molar-refractivity contribution in [1.82, 2.24) is 9.88 Å². The molecule has 0 aliphatic carbocycles. The van der Waals surface area contributed by atoms with Gasteiger partial charge < -0.3 is 10.6 Å². The van der Waals surface area contributed by atoms with Crippen LogP contribution in [0.4, 0.5) is 11.5 Å². The number of anilines is 2. The molecule has 0 unspecified atom stereocenters. The number of likely N-dealkylation sites (tertiary alicyclic amines) is 1. The van der Waals surface area contributed by atoms with Crippen molar-refractivity contribution < 1.29 is 9.59 Å². The zero-order valence-corrected chi connectivity index (χ0v) is 21.1. The molecule has 4 rings (SSSR count). The predicted molar refractivity (Wildman–Crippen MR) is 141 cm³/mol. The Bertz CT molecular complexity index is 1170. The number of aromatic nitrogens is 1. The van der Waals surface area contributed by atoms with Crippen molar-refractivity contribution in [1.29, 1.82) is 0 Å². The lowest BCUT2D eigenvalue weighted by molar-refractivity contribution is 0.102. The summed E-state index contributed by atoms with van der Waals surface area (Å²) in [5.74, 6) is 0.437. The highest BCUT2D eigenvalue weighted by Gasteiger charge is 2.19. The first kappa shape index (κ1) is 25.2. The lowest BCUT2D eigenvalue weighted by Gasteiger charge is -2.31. The SMILES string of the molecule is CCC1CCN(Cc2ccc(C(=O)Nc3ccc(Cl)cc3C(=O)Nc3ccc(Cl)cn3)cc2)CC1. The Morgan fingerprint density at radius 3 is 2.31 bits per heavy atom. The maximum atomic E-state index is 12.9. The van der Waals surface area contributed by atoms with Gasteiger partial charge >= 0.3 is 0 Å². The van der Waals surface area contributed by atoms with Crippen LogP contribution in [0.1, 0.15) is 52.5 Å². The Morgan fingerprint density at radius 1 is 0.943 bits per heavy atom. The number of benzene rings is 2. The van der Waals surface area contributed by atoms with E-state index in [0.29, 0.717) is 27.1 Å². The van der Waals surface area contributed by atoms with Gasteiger partial charge in [0.15, 0.2) is 0 Å². The number of nitrogens with zero attached hydrogens (tertiary/aromatic N) is 2. The molecule has 1 fully saturated rings. The lowest BCUT2D eigenvalue weighted by Crippen LogP contribution is -2.33. The molecule has 1 aliphatic rings. The van der Waals surface area contributed by atoms with Gasteiger partial charge in [-0.3, -0.25) is 14.5 Å². The normalized spacial score (nSPS) is 14.5. The average Bonchev–Trinajstić information content (AvgIpc) is 2.87. The Morgan fingerprint density at radius 2 is 1.66 bits per heavy atom. The van der Waals surface area contributed by atoms with E-state index in [0.717, 1.165) is 25.6 Å².